The third-order valence-electron chi connectivity index (χ3n) is 4.17. The topological polar surface area (TPSA) is 55.1 Å². The fourth-order valence-electron chi connectivity index (χ4n) is 2.74. The second-order valence-corrected chi connectivity index (χ2v) is 6.56. The minimum absolute atomic E-state index is 0.247. The van der Waals surface area contributed by atoms with Gasteiger partial charge in [0, 0.05) is 21.8 Å². The fourth-order valence-corrected chi connectivity index (χ4v) is 2.90. The number of nitrogens with zero attached hydrogens (tertiary/aromatic N) is 1. The summed E-state index contributed by atoms with van der Waals surface area (Å²) in [4.78, 5) is 16.9. The molecule has 0 unspecified atom stereocenters. The summed E-state index contributed by atoms with van der Waals surface area (Å²) < 4.78 is 19.1. The van der Waals surface area contributed by atoms with Gasteiger partial charge in [0.15, 0.2) is 5.58 Å². The third kappa shape index (κ3) is 3.55. The Labute approximate surface area is 159 Å². The van der Waals surface area contributed by atoms with Gasteiger partial charge in [0.25, 0.3) is 5.91 Å². The van der Waals surface area contributed by atoms with Gasteiger partial charge in [0.2, 0.25) is 5.89 Å². The van der Waals surface area contributed by atoms with Crippen LogP contribution in [0.15, 0.2) is 65.1 Å². The van der Waals surface area contributed by atoms with Crippen molar-refractivity contribution in [2.75, 3.05) is 5.32 Å². The Balaban J connectivity index is 1.67. The van der Waals surface area contributed by atoms with Gasteiger partial charge < -0.3 is 9.73 Å². The lowest BCUT2D eigenvalue weighted by atomic mass is 10.1. The quantitative estimate of drug-likeness (QED) is 0.485. The molecule has 4 nitrogen and oxygen atoms in total. The van der Waals surface area contributed by atoms with Crippen LogP contribution in [0.2, 0.25) is 5.02 Å². The van der Waals surface area contributed by atoms with Crippen LogP contribution in [0.4, 0.5) is 10.1 Å². The lowest BCUT2D eigenvalue weighted by molar-refractivity contribution is 0.102. The molecule has 6 heteroatoms. The van der Waals surface area contributed by atoms with E-state index in [-0.39, 0.29) is 11.5 Å². The molecule has 134 valence electrons. The summed E-state index contributed by atoms with van der Waals surface area (Å²) in [6.45, 7) is 1.87. The van der Waals surface area contributed by atoms with Gasteiger partial charge in [0.05, 0.1) is 0 Å². The van der Waals surface area contributed by atoms with E-state index in [1.165, 1.54) is 18.2 Å². The molecule has 0 aliphatic rings. The SMILES string of the molecule is Cc1ccc(-c2nc3cc(Cl)ccc3o2)cc1NC(=O)c1cccc(F)c1. The Kier molecular flexibility index (Phi) is 4.38. The van der Waals surface area contributed by atoms with Crippen molar-refractivity contribution in [1.29, 1.82) is 0 Å². The van der Waals surface area contributed by atoms with Gasteiger partial charge in [-0.1, -0.05) is 23.7 Å². The largest absolute Gasteiger partial charge is 0.436 e. The number of halogens is 2. The predicted octanol–water partition coefficient (Wildman–Crippen LogP) is 5.85. The van der Waals surface area contributed by atoms with E-state index < -0.39 is 5.82 Å². The summed E-state index contributed by atoms with van der Waals surface area (Å²) in [5, 5.41) is 3.39. The van der Waals surface area contributed by atoms with Crippen molar-refractivity contribution in [2.45, 2.75) is 6.92 Å². The molecule has 27 heavy (non-hydrogen) atoms. The Morgan fingerprint density at radius 1 is 1.11 bits per heavy atom. The molecule has 1 aromatic heterocycles. The first-order valence-corrected chi connectivity index (χ1v) is 8.61. The highest BCUT2D eigenvalue weighted by Crippen LogP contribution is 2.29. The minimum Gasteiger partial charge on any atom is -0.436 e. The summed E-state index contributed by atoms with van der Waals surface area (Å²) in [6.07, 6.45) is 0. The summed E-state index contributed by atoms with van der Waals surface area (Å²) in [5.74, 6) is -0.425. The molecule has 1 heterocycles. The van der Waals surface area contributed by atoms with Crippen molar-refractivity contribution in [2.24, 2.45) is 0 Å². The van der Waals surface area contributed by atoms with Crippen molar-refractivity contribution in [3.05, 3.63) is 82.6 Å². The van der Waals surface area contributed by atoms with Crippen LogP contribution in [0, 0.1) is 12.7 Å². The van der Waals surface area contributed by atoms with Crippen molar-refractivity contribution >= 4 is 34.3 Å². The maximum Gasteiger partial charge on any atom is 0.255 e. The molecular weight excluding hydrogens is 367 g/mol. The van der Waals surface area contributed by atoms with Gasteiger partial charge in [-0.2, -0.15) is 0 Å². The molecule has 1 N–H and O–H groups in total. The number of fused-ring (bicyclic) bond motifs is 1. The van der Waals surface area contributed by atoms with Crippen molar-refractivity contribution in [3.8, 4) is 11.5 Å². The van der Waals surface area contributed by atoms with Crippen LogP contribution < -0.4 is 5.32 Å². The Bertz CT molecular complexity index is 1170. The van der Waals surface area contributed by atoms with E-state index in [0.717, 1.165) is 5.56 Å². The maximum atomic E-state index is 13.4. The van der Waals surface area contributed by atoms with Crippen LogP contribution in [-0.4, -0.2) is 10.9 Å². The molecular formula is C21H14ClFN2O2. The minimum atomic E-state index is -0.460. The molecule has 0 aliphatic carbocycles. The Hall–Kier alpha value is -3.18. The zero-order chi connectivity index (χ0) is 19.0. The number of benzene rings is 3. The molecule has 0 atom stereocenters. The molecule has 0 radical (unpaired) electrons. The molecule has 0 spiro atoms. The number of anilines is 1. The predicted molar refractivity (Wildman–Crippen MR) is 104 cm³/mol. The van der Waals surface area contributed by atoms with E-state index in [1.807, 2.05) is 19.1 Å². The van der Waals surface area contributed by atoms with Gasteiger partial charge in [-0.3, -0.25) is 4.79 Å². The monoisotopic (exact) mass is 380 g/mol. The second-order valence-electron chi connectivity index (χ2n) is 6.13. The van der Waals surface area contributed by atoms with Crippen LogP contribution in [0.5, 0.6) is 0 Å². The van der Waals surface area contributed by atoms with E-state index in [0.29, 0.717) is 33.3 Å². The first kappa shape index (κ1) is 17.2. The molecule has 0 saturated heterocycles. The zero-order valence-electron chi connectivity index (χ0n) is 14.3. The number of hydrogen-bond acceptors (Lipinski definition) is 3. The number of hydrogen-bond donors (Lipinski definition) is 1. The maximum absolute atomic E-state index is 13.4. The van der Waals surface area contributed by atoms with Crippen LogP contribution in [0.3, 0.4) is 0 Å². The summed E-state index contributed by atoms with van der Waals surface area (Å²) >= 11 is 5.99. The van der Waals surface area contributed by atoms with Gasteiger partial charge in [-0.05, 0) is 61.0 Å². The van der Waals surface area contributed by atoms with Crippen LogP contribution in [-0.2, 0) is 0 Å². The van der Waals surface area contributed by atoms with Gasteiger partial charge in [0.1, 0.15) is 11.3 Å². The molecule has 0 saturated carbocycles. The number of nitrogens with one attached hydrogen (secondary N) is 1. The lowest BCUT2D eigenvalue weighted by Gasteiger charge is -2.10. The second kappa shape index (κ2) is 6.85. The molecule has 4 aromatic rings. The van der Waals surface area contributed by atoms with Crippen LogP contribution in [0.25, 0.3) is 22.6 Å². The smallest absolute Gasteiger partial charge is 0.255 e. The van der Waals surface area contributed by atoms with E-state index in [9.17, 15) is 9.18 Å². The molecule has 4 rings (SSSR count). The van der Waals surface area contributed by atoms with E-state index >= 15 is 0 Å². The lowest BCUT2D eigenvalue weighted by Crippen LogP contribution is -2.13. The highest BCUT2D eigenvalue weighted by Gasteiger charge is 2.13. The Morgan fingerprint density at radius 2 is 1.96 bits per heavy atom. The summed E-state index contributed by atoms with van der Waals surface area (Å²) in [5.41, 5.74) is 3.70. The average molecular weight is 381 g/mol. The first-order chi connectivity index (χ1) is 13.0. The number of carbonyl (C=O) groups is 1. The molecule has 1 amide bonds. The van der Waals surface area contributed by atoms with Gasteiger partial charge in [-0.25, -0.2) is 9.37 Å². The highest BCUT2D eigenvalue weighted by atomic mass is 35.5. The van der Waals surface area contributed by atoms with Gasteiger partial charge in [-0.15, -0.1) is 0 Å². The number of aromatic nitrogens is 1. The standard InChI is InChI=1S/C21H14ClFN2O2/c1-12-5-6-14(21-25-18-11-15(22)7-8-19(18)27-21)10-17(12)24-20(26)13-3-2-4-16(23)9-13/h2-11H,1H3,(H,24,26). The zero-order valence-corrected chi connectivity index (χ0v) is 15.0. The first-order valence-electron chi connectivity index (χ1n) is 8.23. The van der Waals surface area contributed by atoms with Crippen molar-refractivity contribution in [3.63, 3.8) is 0 Å². The number of rotatable bonds is 3. The fraction of sp³-hybridized carbons (Fsp3) is 0.0476. The third-order valence-corrected chi connectivity index (χ3v) is 4.40. The van der Waals surface area contributed by atoms with E-state index in [4.69, 9.17) is 16.0 Å². The molecule has 0 aliphatic heterocycles. The van der Waals surface area contributed by atoms with Crippen LogP contribution >= 0.6 is 11.6 Å². The number of aryl methyl sites for hydroxylation is 1. The normalized spacial score (nSPS) is 10.9. The summed E-state index contributed by atoms with van der Waals surface area (Å²) in [6, 6.07) is 16.3. The van der Waals surface area contributed by atoms with Gasteiger partial charge >= 0.3 is 0 Å². The van der Waals surface area contributed by atoms with Crippen molar-refractivity contribution < 1.29 is 13.6 Å². The Morgan fingerprint density at radius 3 is 2.78 bits per heavy atom. The summed E-state index contributed by atoms with van der Waals surface area (Å²) in [7, 11) is 0. The number of amides is 1. The highest BCUT2D eigenvalue weighted by molar-refractivity contribution is 6.31. The van der Waals surface area contributed by atoms with E-state index in [2.05, 4.69) is 10.3 Å². The van der Waals surface area contributed by atoms with Crippen LogP contribution in [0.1, 0.15) is 15.9 Å². The molecule has 3 aromatic carbocycles. The number of carbonyl (C=O) groups excluding carboxylic acids is 1. The average Bonchev–Trinajstić information content (AvgIpc) is 3.06. The number of oxazole rings is 1. The van der Waals surface area contributed by atoms with E-state index in [1.54, 1.807) is 30.3 Å². The van der Waals surface area contributed by atoms with Crippen molar-refractivity contribution in [1.82, 2.24) is 4.98 Å². The molecule has 0 bridgehead atoms. The molecule has 0 fully saturated rings.